The Labute approximate surface area is 178 Å². The van der Waals surface area contributed by atoms with Gasteiger partial charge in [-0.15, -0.1) is 6.58 Å². The molecule has 0 saturated heterocycles. The smallest absolute Gasteiger partial charge is 0.0207 e. The minimum absolute atomic E-state index is 0.0895. The third kappa shape index (κ3) is 4.88. The fourth-order valence-electron chi connectivity index (χ4n) is 4.42. The van der Waals surface area contributed by atoms with Crippen LogP contribution in [0, 0.1) is 11.3 Å². The van der Waals surface area contributed by atoms with E-state index < -0.39 is 0 Å². The van der Waals surface area contributed by atoms with Crippen LogP contribution in [-0.4, -0.2) is 0 Å². The van der Waals surface area contributed by atoms with Gasteiger partial charge in [0, 0.05) is 5.41 Å². The standard InChI is InChI=1S/C29H36/c1-8-15-25(10-3)19-22-29(24(5)28(6,7)20-9-2)21-14-13-16-23(4)26-17-11-12-18-27(26)29/h8-19,21,24H,2-4,20,22H2,1,5-7H3/b15-8-,16-13-,21-14-,25-19+. The van der Waals surface area contributed by atoms with Crippen LogP contribution in [0.25, 0.3) is 5.57 Å². The first-order valence-electron chi connectivity index (χ1n) is 10.5. The van der Waals surface area contributed by atoms with Crippen LogP contribution in [0.1, 0.15) is 51.7 Å². The molecule has 2 unspecified atom stereocenters. The van der Waals surface area contributed by atoms with Crippen LogP contribution in [0.15, 0.2) is 104 Å². The van der Waals surface area contributed by atoms with Crippen molar-refractivity contribution >= 4 is 5.57 Å². The number of rotatable bonds is 8. The minimum atomic E-state index is -0.160. The molecular weight excluding hydrogens is 348 g/mol. The van der Waals surface area contributed by atoms with E-state index in [9.17, 15) is 0 Å². The Bertz CT molecular complexity index is 869. The summed E-state index contributed by atoms with van der Waals surface area (Å²) in [6, 6.07) is 8.74. The maximum absolute atomic E-state index is 4.34. The van der Waals surface area contributed by atoms with Crippen LogP contribution in [0.5, 0.6) is 0 Å². The van der Waals surface area contributed by atoms with E-state index in [4.69, 9.17) is 0 Å². The van der Waals surface area contributed by atoms with Crippen molar-refractivity contribution in [2.45, 2.75) is 46.0 Å². The molecule has 152 valence electrons. The molecule has 0 fully saturated rings. The predicted octanol–water partition coefficient (Wildman–Crippen LogP) is 8.38. The van der Waals surface area contributed by atoms with Gasteiger partial charge in [0.15, 0.2) is 0 Å². The van der Waals surface area contributed by atoms with Crippen molar-refractivity contribution in [1.82, 2.24) is 0 Å². The first-order valence-corrected chi connectivity index (χ1v) is 10.5. The lowest BCUT2D eigenvalue weighted by Gasteiger charge is -2.46. The van der Waals surface area contributed by atoms with Crippen molar-refractivity contribution in [3.8, 4) is 0 Å². The van der Waals surface area contributed by atoms with Gasteiger partial charge >= 0.3 is 0 Å². The molecule has 0 amide bonds. The highest BCUT2D eigenvalue weighted by Crippen LogP contribution is 2.50. The lowest BCUT2D eigenvalue weighted by atomic mass is 9.57. The van der Waals surface area contributed by atoms with Gasteiger partial charge in [0.25, 0.3) is 0 Å². The lowest BCUT2D eigenvalue weighted by Crippen LogP contribution is -2.41. The number of benzene rings is 1. The Kier molecular flexibility index (Phi) is 7.62. The number of hydrogen-bond donors (Lipinski definition) is 0. The third-order valence-electron chi connectivity index (χ3n) is 6.46. The molecule has 1 aliphatic carbocycles. The summed E-state index contributed by atoms with van der Waals surface area (Å²) in [6.07, 6.45) is 21.2. The molecule has 1 aromatic carbocycles. The van der Waals surface area contributed by atoms with E-state index in [-0.39, 0.29) is 10.8 Å². The monoisotopic (exact) mass is 384 g/mol. The van der Waals surface area contributed by atoms with Crippen LogP contribution < -0.4 is 0 Å². The molecule has 2 rings (SSSR count). The van der Waals surface area contributed by atoms with Crippen molar-refractivity contribution < 1.29 is 0 Å². The Morgan fingerprint density at radius 3 is 2.55 bits per heavy atom. The molecular formula is C29H36. The van der Waals surface area contributed by atoms with E-state index in [1.165, 1.54) is 11.1 Å². The van der Waals surface area contributed by atoms with Crippen molar-refractivity contribution in [3.05, 3.63) is 115 Å². The Morgan fingerprint density at radius 1 is 1.17 bits per heavy atom. The molecule has 0 nitrogen and oxygen atoms in total. The van der Waals surface area contributed by atoms with Crippen LogP contribution in [0.3, 0.4) is 0 Å². The SMILES string of the molecule is C=CCC(C)(C)C(C)C1(C/C=C(C=C)/C=C\C)/C=C\C=C/C(=C)c2ccccc21. The molecule has 0 spiro atoms. The van der Waals surface area contributed by atoms with Gasteiger partial charge in [0.2, 0.25) is 0 Å². The summed E-state index contributed by atoms with van der Waals surface area (Å²) in [5, 5.41) is 0. The van der Waals surface area contributed by atoms with E-state index in [1.807, 2.05) is 19.1 Å². The zero-order chi connectivity index (χ0) is 21.5. The van der Waals surface area contributed by atoms with Gasteiger partial charge < -0.3 is 0 Å². The first-order chi connectivity index (χ1) is 13.8. The van der Waals surface area contributed by atoms with Crippen LogP contribution in [0.2, 0.25) is 0 Å². The zero-order valence-electron chi connectivity index (χ0n) is 18.6. The van der Waals surface area contributed by atoms with E-state index in [0.29, 0.717) is 5.92 Å². The fraction of sp³-hybridized carbons (Fsp3) is 0.310. The molecule has 29 heavy (non-hydrogen) atoms. The van der Waals surface area contributed by atoms with Gasteiger partial charge in [-0.3, -0.25) is 0 Å². The van der Waals surface area contributed by atoms with Gasteiger partial charge in [-0.25, -0.2) is 0 Å². The highest BCUT2D eigenvalue weighted by Gasteiger charge is 2.43. The summed E-state index contributed by atoms with van der Waals surface area (Å²) in [6.45, 7) is 21.5. The molecule has 0 bridgehead atoms. The van der Waals surface area contributed by atoms with Gasteiger partial charge in [-0.1, -0.05) is 113 Å². The van der Waals surface area contributed by atoms with Crippen molar-refractivity contribution in [2.24, 2.45) is 11.3 Å². The molecule has 0 aromatic heterocycles. The van der Waals surface area contributed by atoms with E-state index in [1.54, 1.807) is 0 Å². The summed E-state index contributed by atoms with van der Waals surface area (Å²) in [7, 11) is 0. The highest BCUT2D eigenvalue weighted by atomic mass is 14.5. The normalized spacial score (nSPS) is 23.0. The highest BCUT2D eigenvalue weighted by molar-refractivity contribution is 5.76. The molecule has 0 aliphatic heterocycles. The minimum Gasteiger partial charge on any atom is -0.103 e. The predicted molar refractivity (Wildman–Crippen MR) is 131 cm³/mol. The lowest BCUT2D eigenvalue weighted by molar-refractivity contribution is 0.155. The molecule has 1 aliphatic rings. The van der Waals surface area contributed by atoms with Gasteiger partial charge in [0.05, 0.1) is 0 Å². The quantitative estimate of drug-likeness (QED) is 0.312. The zero-order valence-corrected chi connectivity index (χ0v) is 18.6. The second kappa shape index (κ2) is 9.74. The molecule has 0 saturated carbocycles. The van der Waals surface area contributed by atoms with Crippen LogP contribution in [0.4, 0.5) is 0 Å². The maximum atomic E-state index is 4.34. The van der Waals surface area contributed by atoms with Crippen LogP contribution in [-0.2, 0) is 5.41 Å². The van der Waals surface area contributed by atoms with Crippen molar-refractivity contribution in [2.75, 3.05) is 0 Å². The fourth-order valence-corrected chi connectivity index (χ4v) is 4.42. The second-order valence-corrected chi connectivity index (χ2v) is 8.64. The number of allylic oxidation sites excluding steroid dienone is 11. The van der Waals surface area contributed by atoms with Gasteiger partial charge in [0.1, 0.15) is 0 Å². The average molecular weight is 385 g/mol. The number of fused-ring (bicyclic) bond motifs is 1. The Hall–Kier alpha value is -2.60. The molecule has 0 N–H and O–H groups in total. The Morgan fingerprint density at radius 2 is 1.90 bits per heavy atom. The molecule has 1 aromatic rings. The maximum Gasteiger partial charge on any atom is 0.0207 e. The summed E-state index contributed by atoms with van der Waals surface area (Å²) in [4.78, 5) is 0. The molecule has 0 radical (unpaired) electrons. The van der Waals surface area contributed by atoms with Crippen molar-refractivity contribution in [3.63, 3.8) is 0 Å². The van der Waals surface area contributed by atoms with E-state index >= 15 is 0 Å². The second-order valence-electron chi connectivity index (χ2n) is 8.64. The number of hydrogen-bond acceptors (Lipinski definition) is 0. The molecule has 2 atom stereocenters. The summed E-state index contributed by atoms with van der Waals surface area (Å²) >= 11 is 0. The summed E-state index contributed by atoms with van der Waals surface area (Å²) in [5.74, 6) is 0.373. The largest absolute Gasteiger partial charge is 0.103 e. The van der Waals surface area contributed by atoms with Crippen LogP contribution >= 0.6 is 0 Å². The van der Waals surface area contributed by atoms with Crippen molar-refractivity contribution in [1.29, 1.82) is 0 Å². The van der Waals surface area contributed by atoms with E-state index in [0.717, 1.165) is 24.0 Å². The Balaban J connectivity index is 2.78. The third-order valence-corrected chi connectivity index (χ3v) is 6.46. The molecule has 0 heteroatoms. The summed E-state index contributed by atoms with van der Waals surface area (Å²) < 4.78 is 0. The summed E-state index contributed by atoms with van der Waals surface area (Å²) in [5.41, 5.74) is 4.72. The first kappa shape index (κ1) is 22.7. The molecule has 0 heterocycles. The van der Waals surface area contributed by atoms with Gasteiger partial charge in [-0.05, 0) is 53.4 Å². The van der Waals surface area contributed by atoms with Gasteiger partial charge in [-0.2, -0.15) is 0 Å². The average Bonchev–Trinajstić information content (AvgIpc) is 2.70. The topological polar surface area (TPSA) is 0 Å². The van der Waals surface area contributed by atoms with E-state index in [2.05, 4.69) is 107 Å².